The molecular formula is C18H16ClF2N5O2. The number of alkyl halides is 2. The standard InChI is InChI=1S/C18H16ClF2N5O2/c1-27-15-4-2-3-12(16(15)28-17(20)21)14-9-13(10-5-7-11(19)8-6-10)22-18-23-24-25-26(14)18/h2-8,13-14,17H,9H2,1H3,(H,22,23,25). The average molecular weight is 408 g/mol. The number of hydrogen-bond acceptors (Lipinski definition) is 6. The lowest BCUT2D eigenvalue weighted by Gasteiger charge is -2.32. The van der Waals surface area contributed by atoms with Crippen LogP contribution in [0.1, 0.15) is 29.6 Å². The maximum atomic E-state index is 13.0. The molecule has 28 heavy (non-hydrogen) atoms. The van der Waals surface area contributed by atoms with Crippen molar-refractivity contribution < 1.29 is 18.3 Å². The highest BCUT2D eigenvalue weighted by Gasteiger charge is 2.33. The summed E-state index contributed by atoms with van der Waals surface area (Å²) in [6, 6.07) is 11.8. The summed E-state index contributed by atoms with van der Waals surface area (Å²) in [5, 5.41) is 15.6. The van der Waals surface area contributed by atoms with Crippen LogP contribution in [-0.4, -0.2) is 33.9 Å². The minimum Gasteiger partial charge on any atom is -0.493 e. The second-order valence-corrected chi connectivity index (χ2v) is 6.64. The fourth-order valence-corrected chi connectivity index (χ4v) is 3.51. The molecule has 0 radical (unpaired) electrons. The lowest BCUT2D eigenvalue weighted by molar-refractivity contribution is -0.0521. The molecule has 0 aliphatic carbocycles. The second-order valence-electron chi connectivity index (χ2n) is 6.20. The number of para-hydroxylation sites is 1. The molecule has 7 nitrogen and oxygen atoms in total. The van der Waals surface area contributed by atoms with Gasteiger partial charge in [-0.3, -0.25) is 0 Å². The van der Waals surface area contributed by atoms with Gasteiger partial charge in [-0.05, 0) is 40.6 Å². The summed E-state index contributed by atoms with van der Waals surface area (Å²) >= 11 is 5.98. The number of rotatable bonds is 5. The van der Waals surface area contributed by atoms with Crippen molar-refractivity contribution in [1.82, 2.24) is 20.2 Å². The van der Waals surface area contributed by atoms with E-state index in [2.05, 4.69) is 20.8 Å². The average Bonchev–Trinajstić information content (AvgIpc) is 3.16. The Labute approximate surface area is 164 Å². The Kier molecular flexibility index (Phi) is 4.99. The first-order chi connectivity index (χ1) is 13.6. The third kappa shape index (κ3) is 3.45. The van der Waals surface area contributed by atoms with Crippen molar-refractivity contribution in [2.75, 3.05) is 12.4 Å². The zero-order valence-electron chi connectivity index (χ0n) is 14.7. The van der Waals surface area contributed by atoms with Crippen molar-refractivity contribution in [3.8, 4) is 11.5 Å². The van der Waals surface area contributed by atoms with E-state index in [4.69, 9.17) is 21.1 Å². The molecular weight excluding hydrogens is 392 g/mol. The number of aromatic nitrogens is 4. The van der Waals surface area contributed by atoms with E-state index in [1.165, 1.54) is 7.11 Å². The van der Waals surface area contributed by atoms with Gasteiger partial charge in [0.1, 0.15) is 0 Å². The van der Waals surface area contributed by atoms with E-state index in [-0.39, 0.29) is 17.5 Å². The van der Waals surface area contributed by atoms with Crippen LogP contribution in [0.2, 0.25) is 5.02 Å². The highest BCUT2D eigenvalue weighted by Crippen LogP contribution is 2.43. The van der Waals surface area contributed by atoms with Crippen LogP contribution in [0.5, 0.6) is 11.5 Å². The van der Waals surface area contributed by atoms with Gasteiger partial charge >= 0.3 is 6.61 Å². The molecule has 3 aromatic rings. The lowest BCUT2D eigenvalue weighted by Crippen LogP contribution is -2.28. The third-order valence-electron chi connectivity index (χ3n) is 4.62. The van der Waals surface area contributed by atoms with Gasteiger partial charge in [0.05, 0.1) is 19.2 Å². The predicted octanol–water partition coefficient (Wildman–Crippen LogP) is 4.08. The van der Waals surface area contributed by atoms with E-state index in [9.17, 15) is 8.78 Å². The molecule has 0 spiro atoms. The van der Waals surface area contributed by atoms with Crippen LogP contribution in [0.3, 0.4) is 0 Å². The summed E-state index contributed by atoms with van der Waals surface area (Å²) < 4.78 is 37.7. The third-order valence-corrected chi connectivity index (χ3v) is 4.87. The van der Waals surface area contributed by atoms with Crippen molar-refractivity contribution in [3.63, 3.8) is 0 Å². The molecule has 0 bridgehead atoms. The molecule has 2 heterocycles. The zero-order valence-corrected chi connectivity index (χ0v) is 15.5. The number of anilines is 1. The van der Waals surface area contributed by atoms with E-state index in [0.717, 1.165) is 5.56 Å². The minimum atomic E-state index is -2.99. The Hall–Kier alpha value is -2.94. The molecule has 1 aliphatic heterocycles. The van der Waals surface area contributed by atoms with Gasteiger partial charge in [-0.25, -0.2) is 4.68 Å². The van der Waals surface area contributed by atoms with Gasteiger partial charge in [-0.1, -0.05) is 41.0 Å². The molecule has 0 saturated carbocycles. The SMILES string of the molecule is COc1cccc(C2CC(c3ccc(Cl)cc3)Nc3nnnn32)c1OC(F)F. The Morgan fingerprint density at radius 2 is 2.00 bits per heavy atom. The summed E-state index contributed by atoms with van der Waals surface area (Å²) in [5.74, 6) is 0.624. The number of benzene rings is 2. The quantitative estimate of drug-likeness (QED) is 0.687. The van der Waals surface area contributed by atoms with Crippen LogP contribution in [0, 0.1) is 0 Å². The van der Waals surface area contributed by atoms with Crippen LogP contribution in [0.15, 0.2) is 42.5 Å². The summed E-state index contributed by atoms with van der Waals surface area (Å²) in [6.07, 6.45) is 0.506. The molecule has 2 aromatic carbocycles. The Morgan fingerprint density at radius 1 is 1.21 bits per heavy atom. The molecule has 0 saturated heterocycles. The number of fused-ring (bicyclic) bond motifs is 1. The first kappa shape index (κ1) is 18.4. The van der Waals surface area contributed by atoms with Gasteiger partial charge in [0.2, 0.25) is 5.95 Å². The van der Waals surface area contributed by atoms with Gasteiger partial charge in [-0.15, -0.1) is 0 Å². The summed E-state index contributed by atoms with van der Waals surface area (Å²) in [5.41, 5.74) is 1.48. The number of hydrogen-bond donors (Lipinski definition) is 1. The van der Waals surface area contributed by atoms with Crippen LogP contribution in [0.25, 0.3) is 0 Å². The van der Waals surface area contributed by atoms with Crippen molar-refractivity contribution >= 4 is 17.5 Å². The molecule has 2 atom stereocenters. The van der Waals surface area contributed by atoms with E-state index in [1.54, 1.807) is 35.0 Å². The fraction of sp³-hybridized carbons (Fsp3) is 0.278. The smallest absolute Gasteiger partial charge is 0.387 e. The summed E-state index contributed by atoms with van der Waals surface area (Å²) in [4.78, 5) is 0. The van der Waals surface area contributed by atoms with Crippen LogP contribution >= 0.6 is 11.6 Å². The molecule has 1 aromatic heterocycles. The summed E-state index contributed by atoms with van der Waals surface area (Å²) in [6.45, 7) is -2.99. The maximum Gasteiger partial charge on any atom is 0.387 e. The molecule has 10 heteroatoms. The largest absolute Gasteiger partial charge is 0.493 e. The molecule has 1 aliphatic rings. The number of halogens is 3. The van der Waals surface area contributed by atoms with Gasteiger partial charge in [0.25, 0.3) is 0 Å². The summed E-state index contributed by atoms with van der Waals surface area (Å²) in [7, 11) is 1.40. The van der Waals surface area contributed by atoms with Gasteiger partial charge in [0.15, 0.2) is 11.5 Å². The van der Waals surface area contributed by atoms with Crippen LogP contribution in [-0.2, 0) is 0 Å². The number of methoxy groups -OCH3 is 1. The molecule has 4 rings (SSSR count). The van der Waals surface area contributed by atoms with Gasteiger partial charge in [0, 0.05) is 10.6 Å². The van der Waals surface area contributed by atoms with Crippen molar-refractivity contribution in [1.29, 1.82) is 0 Å². The fourth-order valence-electron chi connectivity index (χ4n) is 3.38. The van der Waals surface area contributed by atoms with Crippen molar-refractivity contribution in [2.24, 2.45) is 0 Å². The molecule has 1 N–H and O–H groups in total. The van der Waals surface area contributed by atoms with E-state index < -0.39 is 12.7 Å². The predicted molar refractivity (Wildman–Crippen MR) is 98.0 cm³/mol. The molecule has 0 fully saturated rings. The van der Waals surface area contributed by atoms with E-state index in [0.29, 0.717) is 23.0 Å². The van der Waals surface area contributed by atoms with Crippen molar-refractivity contribution in [3.05, 3.63) is 58.6 Å². The van der Waals surface area contributed by atoms with E-state index in [1.807, 2.05) is 12.1 Å². The Balaban J connectivity index is 1.78. The van der Waals surface area contributed by atoms with Crippen LogP contribution < -0.4 is 14.8 Å². The Bertz CT molecular complexity index is 967. The first-order valence-electron chi connectivity index (χ1n) is 8.48. The molecule has 0 amide bonds. The van der Waals surface area contributed by atoms with Crippen LogP contribution in [0.4, 0.5) is 14.7 Å². The number of nitrogens with one attached hydrogen (secondary N) is 1. The Morgan fingerprint density at radius 3 is 2.71 bits per heavy atom. The number of nitrogens with zero attached hydrogens (tertiary/aromatic N) is 4. The highest BCUT2D eigenvalue weighted by atomic mass is 35.5. The lowest BCUT2D eigenvalue weighted by atomic mass is 9.92. The molecule has 2 unspecified atom stereocenters. The second kappa shape index (κ2) is 7.59. The topological polar surface area (TPSA) is 74.1 Å². The minimum absolute atomic E-state index is 0.0248. The highest BCUT2D eigenvalue weighted by molar-refractivity contribution is 6.30. The zero-order chi connectivity index (χ0) is 19.7. The van der Waals surface area contributed by atoms with E-state index >= 15 is 0 Å². The number of tetrazole rings is 1. The normalized spacial score (nSPS) is 18.5. The monoisotopic (exact) mass is 407 g/mol. The molecule has 146 valence electrons. The maximum absolute atomic E-state index is 13.0. The van der Waals surface area contributed by atoms with Gasteiger partial charge < -0.3 is 14.8 Å². The van der Waals surface area contributed by atoms with Gasteiger partial charge in [-0.2, -0.15) is 8.78 Å². The number of ether oxygens (including phenoxy) is 2. The van der Waals surface area contributed by atoms with Crippen molar-refractivity contribution in [2.45, 2.75) is 25.1 Å². The first-order valence-corrected chi connectivity index (χ1v) is 8.86.